The number of nitriles is 1. The van der Waals surface area contributed by atoms with Crippen molar-refractivity contribution >= 4 is 11.5 Å². The number of hydrogen-bond donors (Lipinski definition) is 0. The van der Waals surface area contributed by atoms with Crippen molar-refractivity contribution < 1.29 is 5.11 Å². The number of hydrogen-bond acceptors (Lipinski definition) is 3. The summed E-state index contributed by atoms with van der Waals surface area (Å²) in [6.45, 7) is 1.82. The Morgan fingerprint density at radius 3 is 2.18 bits per heavy atom. The minimum absolute atomic E-state index is 0.177. The maximum absolute atomic E-state index is 12.1. The van der Waals surface area contributed by atoms with E-state index in [0.29, 0.717) is 5.70 Å². The molecule has 0 amide bonds. The monoisotopic (exact) mass is 286 g/mol. The Bertz CT molecular complexity index is 770. The van der Waals surface area contributed by atoms with Gasteiger partial charge in [0.15, 0.2) is 0 Å². The molecule has 0 bridgehead atoms. The Morgan fingerprint density at radius 1 is 1.00 bits per heavy atom. The van der Waals surface area contributed by atoms with E-state index in [-0.39, 0.29) is 11.8 Å². The summed E-state index contributed by atoms with van der Waals surface area (Å²) < 4.78 is 0. The molecule has 3 nitrogen and oxygen atoms in total. The Balaban J connectivity index is 2.22. The molecule has 1 atom stereocenters. The Hall–Kier alpha value is -2.86. The van der Waals surface area contributed by atoms with Crippen LogP contribution >= 0.6 is 0 Å². The average Bonchev–Trinajstić information content (AvgIpc) is 2.56. The maximum Gasteiger partial charge on any atom is 0.120 e. The molecule has 0 saturated carbocycles. The molecule has 22 heavy (non-hydrogen) atoms. The van der Waals surface area contributed by atoms with Gasteiger partial charge < -0.3 is 5.11 Å². The molecule has 0 fully saturated rings. The fourth-order valence-corrected chi connectivity index (χ4v) is 2.83. The average molecular weight is 286 g/mol. The van der Waals surface area contributed by atoms with Crippen LogP contribution in [0.3, 0.4) is 0 Å². The molecule has 1 unspecified atom stereocenters. The van der Waals surface area contributed by atoms with Crippen molar-refractivity contribution in [3.05, 3.63) is 83.4 Å². The highest BCUT2D eigenvalue weighted by Gasteiger charge is 2.33. The summed E-state index contributed by atoms with van der Waals surface area (Å²) in [5.74, 6) is -0.622. The lowest BCUT2D eigenvalue weighted by Crippen LogP contribution is -2.33. The van der Waals surface area contributed by atoms with Crippen LogP contribution in [0.2, 0.25) is 0 Å². The van der Waals surface area contributed by atoms with Gasteiger partial charge in [-0.3, -0.25) is 4.99 Å². The van der Waals surface area contributed by atoms with Gasteiger partial charge in [0.2, 0.25) is 0 Å². The van der Waals surface area contributed by atoms with E-state index in [2.05, 4.69) is 11.1 Å². The molecular weight excluding hydrogens is 272 g/mol. The third kappa shape index (κ3) is 2.40. The smallest absolute Gasteiger partial charge is 0.120 e. The van der Waals surface area contributed by atoms with Crippen molar-refractivity contribution in [3.63, 3.8) is 0 Å². The van der Waals surface area contributed by atoms with Crippen LogP contribution in [0.15, 0.2) is 71.4 Å². The number of aliphatic imine (C=N–C) groups is 1. The van der Waals surface area contributed by atoms with Crippen LogP contribution in [0.1, 0.15) is 24.0 Å². The second-order valence-corrected chi connectivity index (χ2v) is 5.15. The zero-order chi connectivity index (χ0) is 15.5. The van der Waals surface area contributed by atoms with Crippen LogP contribution < -0.4 is 5.11 Å². The fourth-order valence-electron chi connectivity index (χ4n) is 2.83. The highest BCUT2D eigenvalue weighted by atomic mass is 16.3. The van der Waals surface area contributed by atoms with Gasteiger partial charge in [-0.25, -0.2) is 0 Å². The van der Waals surface area contributed by atoms with Gasteiger partial charge in [0, 0.05) is 11.6 Å². The fraction of sp³-hybridized carbons (Fsp3) is 0.105. The Morgan fingerprint density at radius 2 is 1.59 bits per heavy atom. The molecule has 0 N–H and O–H groups in total. The predicted octanol–water partition coefficient (Wildman–Crippen LogP) is 3.07. The largest absolute Gasteiger partial charge is 0.861 e. The second kappa shape index (κ2) is 5.87. The van der Waals surface area contributed by atoms with Crippen LogP contribution in [0.25, 0.3) is 5.57 Å². The maximum atomic E-state index is 12.1. The topological polar surface area (TPSA) is 59.2 Å². The van der Waals surface area contributed by atoms with Crippen molar-refractivity contribution in [1.82, 2.24) is 0 Å². The van der Waals surface area contributed by atoms with Crippen LogP contribution in [-0.4, -0.2) is 5.90 Å². The minimum atomic E-state index is -0.437. The SMILES string of the molecule is CC1=C(c2ccccc2)C(c2ccccc2)[C](C#N)C([O-])=N1. The second-order valence-electron chi connectivity index (χ2n) is 5.15. The molecule has 107 valence electrons. The molecule has 2 aromatic rings. The molecule has 0 spiro atoms. The first-order valence-electron chi connectivity index (χ1n) is 7.06. The van der Waals surface area contributed by atoms with Crippen LogP contribution in [0, 0.1) is 17.2 Å². The molecule has 1 aliphatic rings. The van der Waals surface area contributed by atoms with Crippen molar-refractivity contribution in [2.75, 3.05) is 0 Å². The normalized spacial score (nSPS) is 18.7. The van der Waals surface area contributed by atoms with E-state index in [9.17, 15) is 10.4 Å². The molecule has 0 saturated heterocycles. The quantitative estimate of drug-likeness (QED) is 0.851. The first-order chi connectivity index (χ1) is 10.7. The molecule has 3 rings (SSSR count). The van der Waals surface area contributed by atoms with E-state index in [1.165, 1.54) is 0 Å². The number of nitrogens with zero attached hydrogens (tertiary/aromatic N) is 2. The van der Waals surface area contributed by atoms with Crippen molar-refractivity contribution in [1.29, 1.82) is 5.26 Å². The zero-order valence-electron chi connectivity index (χ0n) is 12.2. The van der Waals surface area contributed by atoms with E-state index in [0.717, 1.165) is 16.7 Å². The Labute approximate surface area is 129 Å². The molecule has 1 aliphatic heterocycles. The summed E-state index contributed by atoms with van der Waals surface area (Å²) in [7, 11) is 0. The number of rotatable bonds is 2. The highest BCUT2D eigenvalue weighted by molar-refractivity contribution is 6.00. The third-order valence-electron chi connectivity index (χ3n) is 3.80. The lowest BCUT2D eigenvalue weighted by molar-refractivity contribution is -0.215. The van der Waals surface area contributed by atoms with Gasteiger partial charge in [-0.1, -0.05) is 60.7 Å². The van der Waals surface area contributed by atoms with E-state index < -0.39 is 5.90 Å². The van der Waals surface area contributed by atoms with Gasteiger partial charge in [0.25, 0.3) is 0 Å². The third-order valence-corrected chi connectivity index (χ3v) is 3.80. The summed E-state index contributed by atoms with van der Waals surface area (Å²) >= 11 is 0. The lowest BCUT2D eigenvalue weighted by Gasteiger charge is -2.33. The Kier molecular flexibility index (Phi) is 3.76. The van der Waals surface area contributed by atoms with Gasteiger partial charge >= 0.3 is 0 Å². The molecular formula is C19H14N2O-. The highest BCUT2D eigenvalue weighted by Crippen LogP contribution is 2.43. The summed E-state index contributed by atoms with van der Waals surface area (Å²) in [5.41, 5.74) is 3.50. The zero-order valence-corrected chi connectivity index (χ0v) is 12.2. The minimum Gasteiger partial charge on any atom is -0.861 e. The van der Waals surface area contributed by atoms with Gasteiger partial charge in [-0.05, 0) is 29.5 Å². The van der Waals surface area contributed by atoms with Gasteiger partial charge in [-0.2, -0.15) is 5.26 Å². The standard InChI is InChI=1S/C19H15N2O/c1-13-17(14-8-4-2-5-9-14)18(15-10-6-3-7-11-15)16(12-20)19(22)21-13/h2-11,18H,1H3,(H,21,22)/p-1. The number of allylic oxidation sites excluding steroid dienone is 2. The molecule has 1 heterocycles. The van der Waals surface area contributed by atoms with Gasteiger partial charge in [0.05, 0.1) is 6.07 Å². The summed E-state index contributed by atoms with van der Waals surface area (Å²) in [6, 6.07) is 21.5. The van der Waals surface area contributed by atoms with Gasteiger partial charge in [0.1, 0.15) is 5.92 Å². The first kappa shape index (κ1) is 14.1. The van der Waals surface area contributed by atoms with E-state index >= 15 is 0 Å². The summed E-state index contributed by atoms with van der Waals surface area (Å²) in [4.78, 5) is 4.05. The van der Waals surface area contributed by atoms with E-state index in [4.69, 9.17) is 0 Å². The molecule has 2 aromatic carbocycles. The number of benzene rings is 2. The summed E-state index contributed by atoms with van der Waals surface area (Å²) in [5, 5.41) is 21.6. The summed E-state index contributed by atoms with van der Waals surface area (Å²) in [6.07, 6.45) is 0. The predicted molar refractivity (Wildman–Crippen MR) is 84.5 cm³/mol. The van der Waals surface area contributed by atoms with E-state index in [1.54, 1.807) is 0 Å². The molecule has 3 heteroatoms. The van der Waals surface area contributed by atoms with E-state index in [1.807, 2.05) is 67.6 Å². The van der Waals surface area contributed by atoms with Crippen molar-refractivity contribution in [2.24, 2.45) is 4.99 Å². The molecule has 0 aromatic heterocycles. The lowest BCUT2D eigenvalue weighted by atomic mass is 9.76. The van der Waals surface area contributed by atoms with Crippen LogP contribution in [-0.2, 0) is 0 Å². The van der Waals surface area contributed by atoms with Crippen LogP contribution in [0.4, 0.5) is 0 Å². The van der Waals surface area contributed by atoms with Crippen molar-refractivity contribution in [2.45, 2.75) is 12.8 Å². The molecule has 1 radical (unpaired) electrons. The molecule has 0 aliphatic carbocycles. The van der Waals surface area contributed by atoms with Crippen LogP contribution in [0.5, 0.6) is 0 Å². The first-order valence-corrected chi connectivity index (χ1v) is 7.06. The van der Waals surface area contributed by atoms with Crippen molar-refractivity contribution in [3.8, 4) is 6.07 Å². The van der Waals surface area contributed by atoms with Gasteiger partial charge in [-0.15, -0.1) is 0 Å².